The lowest BCUT2D eigenvalue weighted by Gasteiger charge is -2.39. The average Bonchev–Trinajstić information content (AvgIpc) is 2.04. The third-order valence-electron chi connectivity index (χ3n) is 3.43. The van der Waals surface area contributed by atoms with Gasteiger partial charge in [0.2, 0.25) is 0 Å². The van der Waals surface area contributed by atoms with Crippen molar-refractivity contribution >= 4 is 8.07 Å². The van der Waals surface area contributed by atoms with Crippen LogP contribution in [0.15, 0.2) is 11.5 Å². The van der Waals surface area contributed by atoms with E-state index >= 15 is 0 Å². The predicted molar refractivity (Wildman–Crippen MR) is 60.5 cm³/mol. The van der Waals surface area contributed by atoms with Gasteiger partial charge in [-0.1, -0.05) is 39.9 Å². The van der Waals surface area contributed by atoms with Crippen molar-refractivity contribution in [2.45, 2.75) is 51.7 Å². The van der Waals surface area contributed by atoms with Crippen LogP contribution in [-0.2, 0) is 4.74 Å². The van der Waals surface area contributed by atoms with Crippen molar-refractivity contribution in [2.75, 3.05) is 6.61 Å². The van der Waals surface area contributed by atoms with Crippen LogP contribution in [0.5, 0.6) is 0 Å². The van der Waals surface area contributed by atoms with Crippen LogP contribution < -0.4 is 0 Å². The van der Waals surface area contributed by atoms with Crippen LogP contribution in [0.1, 0.15) is 33.6 Å². The maximum absolute atomic E-state index is 5.79. The zero-order valence-corrected chi connectivity index (χ0v) is 10.6. The van der Waals surface area contributed by atoms with Gasteiger partial charge in [0.15, 0.2) is 0 Å². The van der Waals surface area contributed by atoms with E-state index in [2.05, 4.69) is 39.9 Å². The molecule has 0 N–H and O–H groups in total. The second-order valence-electron chi connectivity index (χ2n) is 5.43. The average molecular weight is 198 g/mol. The van der Waals surface area contributed by atoms with Crippen molar-refractivity contribution < 1.29 is 4.74 Å². The summed E-state index contributed by atoms with van der Waals surface area (Å²) in [5.41, 5.74) is 0. The zero-order chi connectivity index (χ0) is 10.1. The Morgan fingerprint density at radius 2 is 1.92 bits per heavy atom. The quantitative estimate of drug-likeness (QED) is 0.583. The molecule has 0 spiro atoms. The second kappa shape index (κ2) is 3.49. The van der Waals surface area contributed by atoms with Crippen LogP contribution in [0.25, 0.3) is 0 Å². The Morgan fingerprint density at radius 3 is 2.31 bits per heavy atom. The highest BCUT2D eigenvalue weighted by Gasteiger charge is 2.40. The zero-order valence-electron chi connectivity index (χ0n) is 9.61. The molecule has 0 unspecified atom stereocenters. The molecule has 0 bridgehead atoms. The second-order valence-corrected chi connectivity index (χ2v) is 10.7. The number of hydrogen-bond donors (Lipinski definition) is 0. The number of hydrogen-bond acceptors (Lipinski definition) is 1. The molecule has 0 saturated heterocycles. The molecule has 0 amide bonds. The molecule has 1 nitrogen and oxygen atoms in total. The fraction of sp³-hybridized carbons (Fsp3) is 0.818. The number of allylic oxidation sites excluding steroid dienone is 1. The molecule has 0 aromatic rings. The van der Waals surface area contributed by atoms with Gasteiger partial charge in [-0.2, -0.15) is 0 Å². The highest BCUT2D eigenvalue weighted by Crippen LogP contribution is 2.41. The van der Waals surface area contributed by atoms with E-state index in [0.29, 0.717) is 5.04 Å². The smallest absolute Gasteiger partial charge is 0.130 e. The topological polar surface area (TPSA) is 9.23 Å². The molecule has 76 valence electrons. The molecule has 0 aromatic heterocycles. The van der Waals surface area contributed by atoms with Gasteiger partial charge >= 0.3 is 0 Å². The summed E-state index contributed by atoms with van der Waals surface area (Å²) < 4.78 is 5.79. The third kappa shape index (κ3) is 2.16. The minimum Gasteiger partial charge on any atom is -0.503 e. The van der Waals surface area contributed by atoms with E-state index in [1.807, 2.05) is 0 Å². The third-order valence-corrected chi connectivity index (χ3v) is 8.76. The summed E-state index contributed by atoms with van der Waals surface area (Å²) in [6.45, 7) is 12.7. The molecule has 0 atom stereocenters. The summed E-state index contributed by atoms with van der Waals surface area (Å²) in [6.07, 6.45) is 4.72. The fourth-order valence-electron chi connectivity index (χ4n) is 1.36. The van der Waals surface area contributed by atoms with Crippen LogP contribution in [-0.4, -0.2) is 14.7 Å². The van der Waals surface area contributed by atoms with Gasteiger partial charge in [0, 0.05) is 0 Å². The van der Waals surface area contributed by atoms with Gasteiger partial charge in [0.25, 0.3) is 0 Å². The molecule has 0 saturated carbocycles. The van der Waals surface area contributed by atoms with Crippen molar-refractivity contribution in [3.63, 3.8) is 0 Å². The predicted octanol–water partition coefficient (Wildman–Crippen LogP) is 3.73. The molecule has 0 aromatic carbocycles. The van der Waals surface area contributed by atoms with Crippen molar-refractivity contribution in [3.05, 3.63) is 11.5 Å². The molecule has 1 rings (SSSR count). The van der Waals surface area contributed by atoms with Crippen molar-refractivity contribution in [1.82, 2.24) is 0 Å². The minimum absolute atomic E-state index is 0.399. The fourth-order valence-corrected chi connectivity index (χ4v) is 3.22. The Morgan fingerprint density at radius 1 is 1.31 bits per heavy atom. The Balaban J connectivity index is 2.85. The summed E-state index contributed by atoms with van der Waals surface area (Å²) in [6, 6.07) is 0. The molecule has 0 aliphatic carbocycles. The minimum atomic E-state index is -1.37. The molecule has 1 heterocycles. The van der Waals surface area contributed by atoms with Gasteiger partial charge in [0.05, 0.1) is 12.0 Å². The molecular weight excluding hydrogens is 176 g/mol. The van der Waals surface area contributed by atoms with Crippen LogP contribution >= 0.6 is 0 Å². The van der Waals surface area contributed by atoms with Gasteiger partial charge in [0.1, 0.15) is 8.07 Å². The first kappa shape index (κ1) is 10.8. The van der Waals surface area contributed by atoms with Gasteiger partial charge in [-0.15, -0.1) is 0 Å². The Bertz CT molecular complexity index is 211. The molecule has 2 heteroatoms. The Kier molecular flexibility index (Phi) is 2.90. The first-order valence-corrected chi connectivity index (χ1v) is 8.19. The standard InChI is InChI=1S/C11H22OSi/c1-11(2,3)13(4,5)10-8-6-7-9-12-10/h8H,6-7,9H2,1-5H3. The van der Waals surface area contributed by atoms with Crippen LogP contribution in [0.2, 0.25) is 18.1 Å². The van der Waals surface area contributed by atoms with E-state index in [9.17, 15) is 0 Å². The monoisotopic (exact) mass is 198 g/mol. The van der Waals surface area contributed by atoms with E-state index in [4.69, 9.17) is 4.74 Å². The molecule has 0 radical (unpaired) electrons. The summed E-state index contributed by atoms with van der Waals surface area (Å²) in [7, 11) is -1.37. The SMILES string of the molecule is CC(C)(C)[Si](C)(C)C1=CCCCO1. The van der Waals surface area contributed by atoms with Gasteiger partial charge in [-0.05, 0) is 17.9 Å². The van der Waals surface area contributed by atoms with Crippen molar-refractivity contribution in [2.24, 2.45) is 0 Å². The van der Waals surface area contributed by atoms with E-state index in [1.54, 1.807) is 0 Å². The summed E-state index contributed by atoms with van der Waals surface area (Å²) in [5, 5.41) is 1.72. The summed E-state index contributed by atoms with van der Waals surface area (Å²) in [4.78, 5) is 0. The van der Waals surface area contributed by atoms with Crippen LogP contribution in [0.3, 0.4) is 0 Å². The van der Waals surface area contributed by atoms with E-state index < -0.39 is 8.07 Å². The maximum atomic E-state index is 5.79. The first-order chi connectivity index (χ1) is 5.86. The molecule has 13 heavy (non-hydrogen) atoms. The first-order valence-electron chi connectivity index (χ1n) is 5.19. The van der Waals surface area contributed by atoms with Crippen molar-refractivity contribution in [3.8, 4) is 0 Å². The normalized spacial score (nSPS) is 19.3. The van der Waals surface area contributed by atoms with E-state index in [1.165, 1.54) is 18.2 Å². The molecule has 0 fully saturated rings. The van der Waals surface area contributed by atoms with Crippen LogP contribution in [0, 0.1) is 0 Å². The number of ether oxygens (including phenoxy) is 1. The summed E-state index contributed by atoms with van der Waals surface area (Å²) >= 11 is 0. The molecule has 1 aliphatic heterocycles. The summed E-state index contributed by atoms with van der Waals surface area (Å²) in [5.74, 6) is 0. The van der Waals surface area contributed by atoms with E-state index in [-0.39, 0.29) is 0 Å². The lowest BCUT2D eigenvalue weighted by molar-refractivity contribution is 0.211. The molecule has 1 aliphatic rings. The molecular formula is C11H22OSi. The van der Waals surface area contributed by atoms with Gasteiger partial charge < -0.3 is 4.74 Å². The van der Waals surface area contributed by atoms with Crippen LogP contribution in [0.4, 0.5) is 0 Å². The largest absolute Gasteiger partial charge is 0.503 e. The maximum Gasteiger partial charge on any atom is 0.130 e. The highest BCUT2D eigenvalue weighted by atomic mass is 28.3. The number of rotatable bonds is 1. The van der Waals surface area contributed by atoms with E-state index in [0.717, 1.165) is 6.61 Å². The Labute approximate surface area is 83.2 Å². The van der Waals surface area contributed by atoms with Gasteiger partial charge in [-0.25, -0.2) is 0 Å². The van der Waals surface area contributed by atoms with Crippen molar-refractivity contribution in [1.29, 1.82) is 0 Å². The lowest BCUT2D eigenvalue weighted by Crippen LogP contribution is -2.41. The lowest BCUT2D eigenvalue weighted by atomic mass is 10.2. The highest BCUT2D eigenvalue weighted by molar-refractivity contribution is 6.86. The van der Waals surface area contributed by atoms with Gasteiger partial charge in [-0.3, -0.25) is 0 Å². The Hall–Kier alpha value is -0.243.